The fourth-order valence-corrected chi connectivity index (χ4v) is 3.52. The number of aromatic nitrogens is 1. The molecule has 3 nitrogen and oxygen atoms in total. The molecule has 116 valence electrons. The van der Waals surface area contributed by atoms with Crippen molar-refractivity contribution in [1.29, 1.82) is 0 Å². The van der Waals surface area contributed by atoms with Crippen molar-refractivity contribution in [3.8, 4) is 0 Å². The van der Waals surface area contributed by atoms with E-state index < -0.39 is 0 Å². The van der Waals surface area contributed by atoms with Crippen LogP contribution in [0.15, 0.2) is 41.3 Å². The summed E-state index contributed by atoms with van der Waals surface area (Å²) in [6.45, 7) is 3.82. The van der Waals surface area contributed by atoms with Crippen LogP contribution in [0.25, 0.3) is 6.08 Å². The molecule has 0 spiro atoms. The Hall–Kier alpha value is -1.49. The summed E-state index contributed by atoms with van der Waals surface area (Å²) in [6, 6.07) is 10.6. The number of ether oxygens (including phenoxy) is 1. The van der Waals surface area contributed by atoms with Crippen LogP contribution in [0.2, 0.25) is 0 Å². The third kappa shape index (κ3) is 4.26. The zero-order chi connectivity index (χ0) is 15.2. The van der Waals surface area contributed by atoms with Crippen molar-refractivity contribution in [2.75, 3.05) is 20.2 Å². The van der Waals surface area contributed by atoms with E-state index in [1.54, 1.807) is 24.0 Å². The number of likely N-dealkylation sites (tertiary alicyclic amines) is 1. The molecule has 4 heteroatoms. The lowest BCUT2D eigenvalue weighted by Gasteiger charge is -2.27. The SMILES string of the molecule is COCc1nc(CN2CCC(=Cc3ccccc3)CC2)cs1. The van der Waals surface area contributed by atoms with E-state index in [9.17, 15) is 0 Å². The van der Waals surface area contributed by atoms with Crippen LogP contribution in [0.3, 0.4) is 0 Å². The second-order valence-electron chi connectivity index (χ2n) is 5.66. The van der Waals surface area contributed by atoms with Gasteiger partial charge >= 0.3 is 0 Å². The van der Waals surface area contributed by atoms with Gasteiger partial charge in [0, 0.05) is 32.1 Å². The third-order valence-corrected chi connectivity index (χ3v) is 4.79. The van der Waals surface area contributed by atoms with E-state index in [4.69, 9.17) is 4.74 Å². The molecule has 1 aliphatic heterocycles. The number of hydrogen-bond donors (Lipinski definition) is 0. The topological polar surface area (TPSA) is 25.4 Å². The van der Waals surface area contributed by atoms with Gasteiger partial charge in [0.25, 0.3) is 0 Å². The quantitative estimate of drug-likeness (QED) is 0.835. The number of hydrogen-bond acceptors (Lipinski definition) is 4. The Kier molecular flexibility index (Phi) is 5.38. The van der Waals surface area contributed by atoms with Crippen molar-refractivity contribution in [3.05, 3.63) is 57.6 Å². The van der Waals surface area contributed by atoms with Crippen LogP contribution >= 0.6 is 11.3 Å². The van der Waals surface area contributed by atoms with Crippen molar-refractivity contribution in [3.63, 3.8) is 0 Å². The second kappa shape index (κ2) is 7.68. The lowest BCUT2D eigenvalue weighted by atomic mass is 10.0. The van der Waals surface area contributed by atoms with Crippen LogP contribution in [0, 0.1) is 0 Å². The molecule has 0 atom stereocenters. The summed E-state index contributed by atoms with van der Waals surface area (Å²) in [5.74, 6) is 0. The normalized spacial score (nSPS) is 16.0. The minimum Gasteiger partial charge on any atom is -0.378 e. The van der Waals surface area contributed by atoms with Gasteiger partial charge in [0.15, 0.2) is 0 Å². The molecule has 1 aromatic heterocycles. The lowest BCUT2D eigenvalue weighted by Crippen LogP contribution is -2.30. The highest BCUT2D eigenvalue weighted by atomic mass is 32.1. The Bertz CT molecular complexity index is 611. The number of benzene rings is 1. The van der Waals surface area contributed by atoms with Crippen LogP contribution in [0.1, 0.15) is 29.1 Å². The Balaban J connectivity index is 1.52. The first-order valence-electron chi connectivity index (χ1n) is 7.72. The highest BCUT2D eigenvalue weighted by Crippen LogP contribution is 2.21. The second-order valence-corrected chi connectivity index (χ2v) is 6.60. The zero-order valence-corrected chi connectivity index (χ0v) is 13.8. The molecule has 0 aliphatic carbocycles. The first-order chi connectivity index (χ1) is 10.8. The summed E-state index contributed by atoms with van der Waals surface area (Å²) < 4.78 is 5.13. The maximum Gasteiger partial charge on any atom is 0.119 e. The predicted octanol–water partition coefficient (Wildman–Crippen LogP) is 3.97. The van der Waals surface area contributed by atoms with Gasteiger partial charge in [-0.2, -0.15) is 0 Å². The fraction of sp³-hybridized carbons (Fsp3) is 0.389. The van der Waals surface area contributed by atoms with Gasteiger partial charge < -0.3 is 4.74 Å². The number of rotatable bonds is 5. The van der Waals surface area contributed by atoms with Gasteiger partial charge in [-0.1, -0.05) is 42.0 Å². The monoisotopic (exact) mass is 314 g/mol. The molecule has 0 N–H and O–H groups in total. The minimum atomic E-state index is 0.620. The average Bonchev–Trinajstić information content (AvgIpc) is 2.98. The minimum absolute atomic E-state index is 0.620. The van der Waals surface area contributed by atoms with Crippen molar-refractivity contribution in [1.82, 2.24) is 9.88 Å². The molecule has 0 saturated carbocycles. The third-order valence-electron chi connectivity index (χ3n) is 3.92. The largest absolute Gasteiger partial charge is 0.378 e. The Morgan fingerprint density at radius 3 is 2.73 bits per heavy atom. The van der Waals surface area contributed by atoms with Gasteiger partial charge in [0.1, 0.15) is 5.01 Å². The molecule has 2 heterocycles. The fourth-order valence-electron chi connectivity index (χ4n) is 2.77. The van der Waals surface area contributed by atoms with Crippen LogP contribution in [0.5, 0.6) is 0 Å². The predicted molar refractivity (Wildman–Crippen MR) is 91.8 cm³/mol. The van der Waals surface area contributed by atoms with E-state index in [1.165, 1.54) is 11.3 Å². The molecule has 0 radical (unpaired) electrons. The molecule has 1 fully saturated rings. The van der Waals surface area contributed by atoms with Crippen LogP contribution < -0.4 is 0 Å². The van der Waals surface area contributed by atoms with Gasteiger partial charge in [-0.05, 0) is 18.4 Å². The van der Waals surface area contributed by atoms with E-state index in [1.807, 2.05) is 0 Å². The Morgan fingerprint density at radius 1 is 1.23 bits per heavy atom. The molecular weight excluding hydrogens is 292 g/mol. The molecule has 3 rings (SSSR count). The summed E-state index contributed by atoms with van der Waals surface area (Å²) in [5.41, 5.74) is 4.04. The molecule has 1 saturated heterocycles. The first kappa shape index (κ1) is 15.4. The molecule has 0 unspecified atom stereocenters. The Morgan fingerprint density at radius 2 is 2.00 bits per heavy atom. The average molecular weight is 314 g/mol. The van der Waals surface area contributed by atoms with Crippen molar-refractivity contribution in [2.24, 2.45) is 0 Å². The lowest BCUT2D eigenvalue weighted by molar-refractivity contribution is 0.184. The Labute approximate surface area is 136 Å². The van der Waals surface area contributed by atoms with Crippen molar-refractivity contribution < 1.29 is 4.74 Å². The number of thiazole rings is 1. The molecule has 0 bridgehead atoms. The summed E-state index contributed by atoms with van der Waals surface area (Å²) in [5, 5.41) is 3.23. The maximum atomic E-state index is 5.13. The van der Waals surface area contributed by atoms with Crippen molar-refractivity contribution >= 4 is 17.4 Å². The van der Waals surface area contributed by atoms with Gasteiger partial charge in [-0.3, -0.25) is 4.90 Å². The number of nitrogens with zero attached hydrogens (tertiary/aromatic N) is 2. The van der Waals surface area contributed by atoms with E-state index in [0.29, 0.717) is 6.61 Å². The van der Waals surface area contributed by atoms with E-state index >= 15 is 0 Å². The van der Waals surface area contributed by atoms with Crippen LogP contribution in [-0.4, -0.2) is 30.1 Å². The van der Waals surface area contributed by atoms with E-state index in [0.717, 1.165) is 37.5 Å². The van der Waals surface area contributed by atoms with Gasteiger partial charge in [-0.15, -0.1) is 11.3 Å². The van der Waals surface area contributed by atoms with E-state index in [2.05, 4.69) is 51.7 Å². The highest BCUT2D eigenvalue weighted by Gasteiger charge is 2.15. The van der Waals surface area contributed by atoms with Gasteiger partial charge in [-0.25, -0.2) is 4.98 Å². The smallest absolute Gasteiger partial charge is 0.119 e. The number of methoxy groups -OCH3 is 1. The van der Waals surface area contributed by atoms with Crippen molar-refractivity contribution in [2.45, 2.75) is 26.0 Å². The van der Waals surface area contributed by atoms with Crippen LogP contribution in [-0.2, 0) is 17.9 Å². The molecule has 1 aromatic carbocycles. The molecule has 22 heavy (non-hydrogen) atoms. The zero-order valence-electron chi connectivity index (χ0n) is 13.0. The molecule has 2 aromatic rings. The van der Waals surface area contributed by atoms with Gasteiger partial charge in [0.05, 0.1) is 12.3 Å². The standard InChI is InChI=1S/C18H22N2OS/c1-21-13-18-19-17(14-22-18)12-20-9-7-16(8-10-20)11-15-5-3-2-4-6-15/h2-6,11,14H,7-10,12-13H2,1H3. The van der Waals surface area contributed by atoms with E-state index in [-0.39, 0.29) is 0 Å². The first-order valence-corrected chi connectivity index (χ1v) is 8.60. The molecular formula is C18H22N2OS. The summed E-state index contributed by atoms with van der Waals surface area (Å²) in [7, 11) is 1.71. The molecule has 0 amide bonds. The number of piperidine rings is 1. The highest BCUT2D eigenvalue weighted by molar-refractivity contribution is 7.09. The van der Waals surface area contributed by atoms with Gasteiger partial charge in [0.2, 0.25) is 0 Å². The summed E-state index contributed by atoms with van der Waals surface area (Å²) in [6.07, 6.45) is 4.66. The molecule has 1 aliphatic rings. The summed E-state index contributed by atoms with van der Waals surface area (Å²) in [4.78, 5) is 7.11. The van der Waals surface area contributed by atoms with Crippen LogP contribution in [0.4, 0.5) is 0 Å². The maximum absolute atomic E-state index is 5.13. The summed E-state index contributed by atoms with van der Waals surface area (Å²) >= 11 is 1.69.